The lowest BCUT2D eigenvalue weighted by Crippen LogP contribution is -2.61. The van der Waals surface area contributed by atoms with E-state index < -0.39 is 8.07 Å². The zero-order chi connectivity index (χ0) is 38.4. The van der Waals surface area contributed by atoms with Crippen molar-refractivity contribution < 1.29 is 0 Å². The van der Waals surface area contributed by atoms with E-state index in [9.17, 15) is 0 Å². The van der Waals surface area contributed by atoms with Crippen LogP contribution in [0.4, 0.5) is 17.1 Å². The van der Waals surface area contributed by atoms with Gasteiger partial charge in [-0.15, -0.1) is 0 Å². The molecule has 3 heterocycles. The largest absolute Gasteiger partial charge is 0.311 e. The van der Waals surface area contributed by atoms with Gasteiger partial charge in [0, 0.05) is 39.0 Å². The van der Waals surface area contributed by atoms with Crippen molar-refractivity contribution in [3.63, 3.8) is 0 Å². The van der Waals surface area contributed by atoms with Crippen molar-refractivity contribution in [2.75, 3.05) is 4.90 Å². The molecule has 0 N–H and O–H groups in total. The topological polar surface area (TPSA) is 8.17 Å². The fraction of sp³-hybridized carbons (Fsp3) is 0.388. The van der Waals surface area contributed by atoms with Gasteiger partial charge in [-0.25, -0.2) is 0 Å². The van der Waals surface area contributed by atoms with E-state index in [-0.39, 0.29) is 28.4 Å². The van der Waals surface area contributed by atoms with E-state index in [4.69, 9.17) is 0 Å². The molecule has 2 aliphatic heterocycles. The van der Waals surface area contributed by atoms with Crippen molar-refractivity contribution in [1.82, 2.24) is 4.57 Å². The lowest BCUT2D eigenvalue weighted by atomic mass is 9.33. The average molecular weight is 715 g/mol. The molecule has 0 fully saturated rings. The Bertz CT molecular complexity index is 2460. The molecule has 0 saturated carbocycles. The molecule has 0 bridgehead atoms. The number of hydrogen-bond donors (Lipinski definition) is 0. The van der Waals surface area contributed by atoms with Crippen molar-refractivity contribution in [3.8, 4) is 5.69 Å². The number of rotatable bonds is 2. The van der Waals surface area contributed by atoms with Crippen LogP contribution in [-0.2, 0) is 21.7 Å². The minimum Gasteiger partial charge on any atom is -0.311 e. The van der Waals surface area contributed by atoms with Gasteiger partial charge in [0.05, 0.1) is 13.6 Å². The van der Waals surface area contributed by atoms with Crippen molar-refractivity contribution in [2.45, 2.75) is 124 Å². The van der Waals surface area contributed by atoms with E-state index in [2.05, 4.69) is 197 Å². The molecule has 0 unspecified atom stereocenters. The highest BCUT2D eigenvalue weighted by atomic mass is 28.3. The highest BCUT2D eigenvalue weighted by Crippen LogP contribution is 2.45. The number of hydrogen-bond acceptors (Lipinski definition) is 1. The van der Waals surface area contributed by atoms with Gasteiger partial charge >= 0.3 is 0 Å². The zero-order valence-corrected chi connectivity index (χ0v) is 36.1. The quantitative estimate of drug-likeness (QED) is 0.162. The van der Waals surface area contributed by atoms with Gasteiger partial charge in [-0.2, -0.15) is 0 Å². The van der Waals surface area contributed by atoms with Gasteiger partial charge in [-0.3, -0.25) is 0 Å². The minimum absolute atomic E-state index is 0.00153. The molecule has 53 heavy (non-hydrogen) atoms. The first-order chi connectivity index (χ1) is 24.4. The number of anilines is 3. The summed E-state index contributed by atoms with van der Waals surface area (Å²) in [7, 11) is -1.64. The predicted octanol–water partition coefficient (Wildman–Crippen LogP) is 11.1. The van der Waals surface area contributed by atoms with Crippen molar-refractivity contribution in [3.05, 3.63) is 107 Å². The van der Waals surface area contributed by atoms with Gasteiger partial charge in [0.1, 0.15) is 0 Å². The molecule has 0 atom stereocenters. The second kappa shape index (κ2) is 11.3. The molecule has 0 spiro atoms. The summed E-state index contributed by atoms with van der Waals surface area (Å²) in [4.78, 5) is 2.60. The van der Waals surface area contributed by atoms with Crippen molar-refractivity contribution in [2.24, 2.45) is 0 Å². The molecule has 2 nitrogen and oxygen atoms in total. The van der Waals surface area contributed by atoms with E-state index >= 15 is 0 Å². The van der Waals surface area contributed by atoms with Gasteiger partial charge in [0.15, 0.2) is 0 Å². The normalized spacial score (nSPS) is 14.6. The van der Waals surface area contributed by atoms with E-state index in [0.717, 1.165) is 0 Å². The number of fused-ring (bicyclic) bond motifs is 7. The second-order valence-corrected chi connectivity index (χ2v) is 26.4. The fourth-order valence-corrected chi connectivity index (χ4v) is 9.90. The Morgan fingerprint density at radius 2 is 1.02 bits per heavy atom. The highest BCUT2D eigenvalue weighted by molar-refractivity contribution is 7.01. The van der Waals surface area contributed by atoms with Gasteiger partial charge < -0.3 is 9.47 Å². The van der Waals surface area contributed by atoms with E-state index in [1.54, 1.807) is 0 Å². The average Bonchev–Trinajstić information content (AvgIpc) is 3.38. The number of nitrogens with zero attached hydrogens (tertiary/aromatic N) is 2. The smallest absolute Gasteiger partial charge is 0.252 e. The second-order valence-electron chi connectivity index (χ2n) is 21.3. The summed E-state index contributed by atoms with van der Waals surface area (Å²) in [6.07, 6.45) is 0. The van der Waals surface area contributed by atoms with Crippen LogP contribution in [0.2, 0.25) is 19.6 Å². The summed E-state index contributed by atoms with van der Waals surface area (Å²) in [6.45, 7) is 35.7. The van der Waals surface area contributed by atoms with Crippen LogP contribution in [-0.4, -0.2) is 19.4 Å². The fourth-order valence-electron chi connectivity index (χ4n) is 8.72. The summed E-state index contributed by atoms with van der Waals surface area (Å²) in [5.74, 6) is 0. The Balaban J connectivity index is 1.57. The molecule has 6 aromatic rings. The molecule has 5 aromatic carbocycles. The molecule has 0 radical (unpaired) electrons. The maximum Gasteiger partial charge on any atom is 0.252 e. The molecule has 1 aromatic heterocycles. The monoisotopic (exact) mass is 714 g/mol. The van der Waals surface area contributed by atoms with Crippen LogP contribution < -0.4 is 26.5 Å². The molecular weight excluding hydrogens is 655 g/mol. The van der Waals surface area contributed by atoms with Gasteiger partial charge in [-0.1, -0.05) is 144 Å². The highest BCUT2D eigenvalue weighted by Gasteiger charge is 2.44. The Morgan fingerprint density at radius 3 is 1.60 bits per heavy atom. The summed E-state index contributed by atoms with van der Waals surface area (Å²) < 4.78 is 2.65. The van der Waals surface area contributed by atoms with Crippen molar-refractivity contribution >= 4 is 75.2 Å². The summed E-state index contributed by atoms with van der Waals surface area (Å²) in [5, 5.41) is 4.25. The molecule has 8 rings (SSSR count). The maximum absolute atomic E-state index is 2.65. The van der Waals surface area contributed by atoms with Crippen LogP contribution in [0.15, 0.2) is 84.9 Å². The number of benzene rings is 5. The van der Waals surface area contributed by atoms with E-state index in [1.807, 2.05) is 0 Å². The summed E-state index contributed by atoms with van der Waals surface area (Å²) in [6, 6.07) is 34.4. The molecule has 4 heteroatoms. The summed E-state index contributed by atoms with van der Waals surface area (Å²) in [5.41, 5.74) is 17.7. The molecule has 272 valence electrons. The SMILES string of the molecule is CC(C)(C)c1ccc(N2c3ccc([Si](C)(C)C)cc3B3c4c2cc(C(C)(C)C)cc4-n2c4ccc(C(C)(C)C)cc4c4cc(C(C)(C)C)cc3c42)cc1. The zero-order valence-electron chi connectivity index (χ0n) is 35.1. The van der Waals surface area contributed by atoms with Crippen LogP contribution in [0.25, 0.3) is 27.5 Å². The van der Waals surface area contributed by atoms with Crippen molar-refractivity contribution in [1.29, 1.82) is 0 Å². The standard InChI is InChI=1S/C49H59BN2Si/c1-46(2,3)30-16-19-34(20-17-30)51-41-23-21-35(53(13,14)15)29-38(41)50-39-26-32(48(7,8)9)25-37-36-24-31(47(4,5)6)18-22-40(36)52(45(37)39)43-28-33(49(10,11)12)27-42(51)44(43)50/h16-29H,1-15H3. The van der Waals surface area contributed by atoms with Gasteiger partial charge in [0.2, 0.25) is 0 Å². The number of aromatic nitrogens is 1. The molecular formula is C49H59BN2Si. The van der Waals surface area contributed by atoms with E-state index in [1.165, 1.54) is 88.4 Å². The van der Waals surface area contributed by atoms with Crippen LogP contribution in [0.1, 0.15) is 105 Å². The molecule has 0 saturated heterocycles. The Kier molecular flexibility index (Phi) is 7.64. The van der Waals surface area contributed by atoms with Crippen LogP contribution in [0.3, 0.4) is 0 Å². The van der Waals surface area contributed by atoms with Crippen LogP contribution in [0.5, 0.6) is 0 Å². The first-order valence-corrected chi connectivity index (χ1v) is 23.3. The predicted molar refractivity (Wildman–Crippen MR) is 238 cm³/mol. The third kappa shape index (κ3) is 5.65. The third-order valence-corrected chi connectivity index (χ3v) is 14.2. The first-order valence-electron chi connectivity index (χ1n) is 19.8. The Morgan fingerprint density at radius 1 is 0.472 bits per heavy atom. The molecule has 0 amide bonds. The van der Waals surface area contributed by atoms with Gasteiger partial charge in [-0.05, 0) is 109 Å². The van der Waals surface area contributed by atoms with Gasteiger partial charge in [0.25, 0.3) is 6.71 Å². The first kappa shape index (κ1) is 36.0. The molecule has 2 aliphatic rings. The van der Waals surface area contributed by atoms with Crippen LogP contribution in [0, 0.1) is 0 Å². The summed E-state index contributed by atoms with van der Waals surface area (Å²) >= 11 is 0. The third-order valence-electron chi connectivity index (χ3n) is 12.1. The van der Waals surface area contributed by atoms with Crippen LogP contribution >= 0.6 is 0 Å². The minimum atomic E-state index is -1.64. The maximum atomic E-state index is 2.65. The Hall–Kier alpha value is -4.02. The van der Waals surface area contributed by atoms with E-state index in [0.29, 0.717) is 0 Å². The molecule has 0 aliphatic carbocycles. The lowest BCUT2D eigenvalue weighted by Gasteiger charge is -2.42. The lowest BCUT2D eigenvalue weighted by molar-refractivity contribution is 0.589. The Labute approximate surface area is 320 Å².